The van der Waals surface area contributed by atoms with Crippen molar-refractivity contribution in [2.45, 2.75) is 31.8 Å². The summed E-state index contributed by atoms with van der Waals surface area (Å²) in [5, 5.41) is 8.54. The highest BCUT2D eigenvalue weighted by Crippen LogP contribution is 2.24. The second kappa shape index (κ2) is 5.25. The van der Waals surface area contributed by atoms with E-state index < -0.39 is 10.0 Å². The zero-order chi connectivity index (χ0) is 11.4. The summed E-state index contributed by atoms with van der Waals surface area (Å²) in [6.07, 6.45) is 2.14. The first-order valence-corrected chi connectivity index (χ1v) is 6.85. The summed E-state index contributed by atoms with van der Waals surface area (Å²) in [7, 11) is -3.26. The van der Waals surface area contributed by atoms with Crippen LogP contribution in [0, 0.1) is 0 Å². The van der Waals surface area contributed by atoms with Crippen LogP contribution in [0.5, 0.6) is 0 Å². The van der Waals surface area contributed by atoms with Gasteiger partial charge in [0.05, 0.1) is 11.4 Å². The van der Waals surface area contributed by atoms with E-state index in [2.05, 4.69) is 4.72 Å². The van der Waals surface area contributed by atoms with Gasteiger partial charge in [-0.1, -0.05) is 0 Å². The minimum absolute atomic E-state index is 0.0282. The minimum Gasteiger partial charge on any atom is -0.396 e. The molecule has 0 aromatic rings. The molecule has 1 heterocycles. The van der Waals surface area contributed by atoms with Gasteiger partial charge >= 0.3 is 0 Å². The fraction of sp³-hybridized carbons (Fsp3) is 1.00. The number of aliphatic hydroxyl groups is 1. The molecule has 1 aliphatic heterocycles. The van der Waals surface area contributed by atoms with Gasteiger partial charge < -0.3 is 9.84 Å². The highest BCUT2D eigenvalue weighted by atomic mass is 32.2. The fourth-order valence-electron chi connectivity index (χ4n) is 1.57. The average molecular weight is 237 g/mol. The number of aliphatic hydroxyl groups excluding tert-OH is 1. The molecule has 0 amide bonds. The molecule has 15 heavy (non-hydrogen) atoms. The van der Waals surface area contributed by atoms with E-state index >= 15 is 0 Å². The lowest BCUT2D eigenvalue weighted by Crippen LogP contribution is -2.41. The first kappa shape index (κ1) is 12.9. The Hall–Kier alpha value is -0.170. The van der Waals surface area contributed by atoms with Crippen LogP contribution in [0.15, 0.2) is 0 Å². The van der Waals surface area contributed by atoms with Crippen molar-refractivity contribution in [3.63, 3.8) is 0 Å². The van der Waals surface area contributed by atoms with Gasteiger partial charge in [0.2, 0.25) is 10.0 Å². The summed E-state index contributed by atoms with van der Waals surface area (Å²) < 4.78 is 30.8. The van der Waals surface area contributed by atoms with E-state index in [-0.39, 0.29) is 24.4 Å². The normalized spacial score (nSPS) is 27.1. The van der Waals surface area contributed by atoms with Crippen LogP contribution in [0.25, 0.3) is 0 Å². The summed E-state index contributed by atoms with van der Waals surface area (Å²) >= 11 is 0. The highest BCUT2D eigenvalue weighted by Gasteiger charge is 2.30. The van der Waals surface area contributed by atoms with E-state index in [1.165, 1.54) is 0 Å². The van der Waals surface area contributed by atoms with Crippen molar-refractivity contribution in [1.29, 1.82) is 0 Å². The Morgan fingerprint density at radius 2 is 2.27 bits per heavy atom. The Morgan fingerprint density at radius 1 is 1.53 bits per heavy atom. The summed E-state index contributed by atoms with van der Waals surface area (Å²) in [4.78, 5) is 0. The van der Waals surface area contributed by atoms with Gasteiger partial charge in [-0.25, -0.2) is 13.1 Å². The fourth-order valence-corrected chi connectivity index (χ4v) is 2.74. The van der Waals surface area contributed by atoms with Crippen molar-refractivity contribution in [2.75, 3.05) is 25.5 Å². The number of ether oxygens (including phenoxy) is 1. The molecule has 1 fully saturated rings. The molecule has 1 rings (SSSR count). The molecule has 0 aromatic carbocycles. The van der Waals surface area contributed by atoms with Crippen molar-refractivity contribution < 1.29 is 18.3 Å². The largest absolute Gasteiger partial charge is 0.396 e. The molecular formula is C9H19NO4S. The summed E-state index contributed by atoms with van der Waals surface area (Å²) in [6, 6.07) is 0. The number of hydrogen-bond donors (Lipinski definition) is 2. The standard InChI is InChI=1S/C9H19NO4S/c1-9(4-2-6-14-9)8-10-15(12,13)7-3-5-11/h10-11H,2-8H2,1H3. The maximum Gasteiger partial charge on any atom is 0.211 e. The van der Waals surface area contributed by atoms with Crippen molar-refractivity contribution >= 4 is 10.0 Å². The lowest BCUT2D eigenvalue weighted by atomic mass is 10.0. The average Bonchev–Trinajstić information content (AvgIpc) is 2.61. The van der Waals surface area contributed by atoms with Crippen LogP contribution < -0.4 is 4.72 Å². The molecule has 2 N–H and O–H groups in total. The van der Waals surface area contributed by atoms with E-state index in [1.807, 2.05) is 6.92 Å². The minimum atomic E-state index is -3.26. The van der Waals surface area contributed by atoms with Gasteiger partial charge in [-0.3, -0.25) is 0 Å². The van der Waals surface area contributed by atoms with Gasteiger partial charge in [0.1, 0.15) is 0 Å². The summed E-state index contributed by atoms with van der Waals surface area (Å²) in [6.45, 7) is 2.83. The van der Waals surface area contributed by atoms with Gasteiger partial charge in [0.15, 0.2) is 0 Å². The second-order valence-electron chi connectivity index (χ2n) is 4.12. The Kier molecular flexibility index (Phi) is 4.51. The molecule has 0 radical (unpaired) electrons. The van der Waals surface area contributed by atoms with Crippen LogP contribution in [0.1, 0.15) is 26.2 Å². The monoisotopic (exact) mass is 237 g/mol. The van der Waals surface area contributed by atoms with E-state index in [0.29, 0.717) is 13.2 Å². The van der Waals surface area contributed by atoms with E-state index in [0.717, 1.165) is 12.8 Å². The first-order chi connectivity index (χ1) is 6.97. The molecule has 90 valence electrons. The van der Waals surface area contributed by atoms with Crippen molar-refractivity contribution in [3.05, 3.63) is 0 Å². The van der Waals surface area contributed by atoms with Crippen molar-refractivity contribution in [1.82, 2.24) is 4.72 Å². The third-order valence-corrected chi connectivity index (χ3v) is 3.95. The SMILES string of the molecule is CC1(CNS(=O)(=O)CCCO)CCCO1. The molecule has 1 saturated heterocycles. The van der Waals surface area contributed by atoms with Gasteiger partial charge in [-0.15, -0.1) is 0 Å². The summed E-state index contributed by atoms with van der Waals surface area (Å²) in [5.74, 6) is -0.0282. The molecular weight excluding hydrogens is 218 g/mol. The molecule has 0 spiro atoms. The van der Waals surface area contributed by atoms with Crippen LogP contribution in [0.4, 0.5) is 0 Å². The molecule has 0 saturated carbocycles. The zero-order valence-corrected chi connectivity index (χ0v) is 9.85. The van der Waals surface area contributed by atoms with Gasteiger partial charge in [-0.05, 0) is 26.2 Å². The lowest BCUT2D eigenvalue weighted by Gasteiger charge is -2.23. The second-order valence-corrected chi connectivity index (χ2v) is 6.05. The summed E-state index contributed by atoms with van der Waals surface area (Å²) in [5.41, 5.74) is -0.355. The Labute approximate surface area is 90.9 Å². The van der Waals surface area contributed by atoms with Gasteiger partial charge in [0, 0.05) is 19.8 Å². The first-order valence-electron chi connectivity index (χ1n) is 5.20. The van der Waals surface area contributed by atoms with E-state index in [1.54, 1.807) is 0 Å². The number of hydrogen-bond acceptors (Lipinski definition) is 4. The Balaban J connectivity index is 2.35. The number of nitrogens with one attached hydrogen (secondary N) is 1. The predicted octanol–water partition coefficient (Wildman–Crippen LogP) is -0.143. The molecule has 0 bridgehead atoms. The zero-order valence-electron chi connectivity index (χ0n) is 9.03. The quantitative estimate of drug-likeness (QED) is 0.674. The van der Waals surface area contributed by atoms with Crippen LogP contribution in [0.3, 0.4) is 0 Å². The molecule has 0 aromatic heterocycles. The highest BCUT2D eigenvalue weighted by molar-refractivity contribution is 7.89. The maximum absolute atomic E-state index is 11.4. The lowest BCUT2D eigenvalue weighted by molar-refractivity contribution is 0.0250. The molecule has 5 nitrogen and oxygen atoms in total. The Morgan fingerprint density at radius 3 is 2.80 bits per heavy atom. The third-order valence-electron chi connectivity index (χ3n) is 2.54. The molecule has 6 heteroatoms. The molecule has 1 unspecified atom stereocenters. The molecule has 1 atom stereocenters. The molecule has 0 aliphatic carbocycles. The number of rotatable bonds is 6. The van der Waals surface area contributed by atoms with Gasteiger partial charge in [-0.2, -0.15) is 0 Å². The third kappa shape index (κ3) is 4.46. The smallest absolute Gasteiger partial charge is 0.211 e. The van der Waals surface area contributed by atoms with Gasteiger partial charge in [0.25, 0.3) is 0 Å². The van der Waals surface area contributed by atoms with Crippen LogP contribution >= 0.6 is 0 Å². The van der Waals surface area contributed by atoms with Crippen molar-refractivity contribution in [2.24, 2.45) is 0 Å². The number of sulfonamides is 1. The van der Waals surface area contributed by atoms with E-state index in [4.69, 9.17) is 9.84 Å². The van der Waals surface area contributed by atoms with Crippen LogP contribution in [-0.2, 0) is 14.8 Å². The van der Waals surface area contributed by atoms with Crippen LogP contribution in [0.2, 0.25) is 0 Å². The van der Waals surface area contributed by atoms with Crippen molar-refractivity contribution in [3.8, 4) is 0 Å². The topological polar surface area (TPSA) is 75.6 Å². The molecule has 1 aliphatic rings. The predicted molar refractivity (Wildman–Crippen MR) is 57.1 cm³/mol. The Bertz CT molecular complexity index is 282. The maximum atomic E-state index is 11.4. The van der Waals surface area contributed by atoms with E-state index in [9.17, 15) is 8.42 Å². The van der Waals surface area contributed by atoms with Crippen LogP contribution in [-0.4, -0.2) is 44.6 Å².